The van der Waals surface area contributed by atoms with Gasteiger partial charge in [0.05, 0.1) is 0 Å². The summed E-state index contributed by atoms with van der Waals surface area (Å²) in [6.07, 6.45) is 0. The van der Waals surface area contributed by atoms with Gasteiger partial charge < -0.3 is 5.73 Å². The predicted octanol–water partition coefficient (Wildman–Crippen LogP) is 3.49. The van der Waals surface area contributed by atoms with Gasteiger partial charge in [-0.05, 0) is 47.5 Å². The van der Waals surface area contributed by atoms with Crippen molar-refractivity contribution in [3.8, 4) is 11.1 Å². The molecule has 2 rings (SSSR count). The van der Waals surface area contributed by atoms with Crippen LogP contribution in [0.25, 0.3) is 11.1 Å². The number of benzene rings is 1. The van der Waals surface area contributed by atoms with Crippen LogP contribution in [0.1, 0.15) is 16.0 Å². The maximum Gasteiger partial charge on any atom is 0.0178 e. The van der Waals surface area contributed by atoms with E-state index in [0.29, 0.717) is 6.54 Å². The molecule has 0 bridgehead atoms. The normalized spacial score (nSPS) is 10.6. The molecule has 0 atom stereocenters. The molecule has 0 aliphatic heterocycles. The first-order valence-electron chi connectivity index (χ1n) is 5.06. The van der Waals surface area contributed by atoms with E-state index in [9.17, 15) is 0 Å². The second-order valence-electron chi connectivity index (χ2n) is 3.74. The van der Waals surface area contributed by atoms with E-state index >= 15 is 0 Å². The van der Waals surface area contributed by atoms with E-state index in [0.717, 1.165) is 0 Å². The van der Waals surface area contributed by atoms with Crippen molar-refractivity contribution in [3.63, 3.8) is 0 Å². The smallest absolute Gasteiger partial charge is 0.0178 e. The second-order valence-corrected chi connectivity index (χ2v) is 4.86. The Morgan fingerprint density at radius 3 is 2.47 bits per heavy atom. The average molecular weight is 217 g/mol. The minimum absolute atomic E-state index is 0.615. The molecule has 0 unspecified atom stereocenters. The summed E-state index contributed by atoms with van der Waals surface area (Å²) in [4.78, 5) is 1.37. The maximum atomic E-state index is 5.62. The summed E-state index contributed by atoms with van der Waals surface area (Å²) >= 11 is 1.79. The van der Waals surface area contributed by atoms with Gasteiger partial charge in [0.15, 0.2) is 0 Å². The Hall–Kier alpha value is -1.12. The van der Waals surface area contributed by atoms with Crippen LogP contribution in [0.3, 0.4) is 0 Å². The second kappa shape index (κ2) is 4.17. The number of aryl methyl sites for hydroxylation is 2. The van der Waals surface area contributed by atoms with E-state index in [1.54, 1.807) is 11.3 Å². The van der Waals surface area contributed by atoms with Gasteiger partial charge in [0.25, 0.3) is 0 Å². The quantitative estimate of drug-likeness (QED) is 0.818. The Morgan fingerprint density at radius 2 is 1.93 bits per heavy atom. The van der Waals surface area contributed by atoms with Gasteiger partial charge in [-0.25, -0.2) is 0 Å². The SMILES string of the molecule is Cc1cc(CN)ccc1-c1ccsc1C. The molecule has 1 aromatic heterocycles. The van der Waals surface area contributed by atoms with E-state index in [-0.39, 0.29) is 0 Å². The zero-order valence-corrected chi connectivity index (χ0v) is 9.90. The molecule has 78 valence electrons. The minimum Gasteiger partial charge on any atom is -0.326 e. The van der Waals surface area contributed by atoms with Gasteiger partial charge in [-0.2, -0.15) is 0 Å². The Morgan fingerprint density at radius 1 is 1.13 bits per heavy atom. The van der Waals surface area contributed by atoms with Crippen LogP contribution in [0.2, 0.25) is 0 Å². The molecule has 2 N–H and O–H groups in total. The van der Waals surface area contributed by atoms with E-state index in [2.05, 4.69) is 43.5 Å². The lowest BCUT2D eigenvalue weighted by atomic mass is 9.99. The van der Waals surface area contributed by atoms with Crippen molar-refractivity contribution in [2.24, 2.45) is 5.73 Å². The van der Waals surface area contributed by atoms with Crippen LogP contribution in [0, 0.1) is 13.8 Å². The summed E-state index contributed by atoms with van der Waals surface area (Å²) < 4.78 is 0. The highest BCUT2D eigenvalue weighted by molar-refractivity contribution is 7.10. The number of hydrogen-bond acceptors (Lipinski definition) is 2. The fraction of sp³-hybridized carbons (Fsp3) is 0.231. The molecule has 0 saturated heterocycles. The number of rotatable bonds is 2. The highest BCUT2D eigenvalue weighted by Gasteiger charge is 2.06. The maximum absolute atomic E-state index is 5.62. The molecule has 0 aliphatic rings. The summed E-state index contributed by atoms with van der Waals surface area (Å²) in [5.41, 5.74) is 10.8. The molecular weight excluding hydrogens is 202 g/mol. The first-order chi connectivity index (χ1) is 7.22. The summed E-state index contributed by atoms with van der Waals surface area (Å²) in [6.45, 7) is 4.92. The Labute approximate surface area is 94.6 Å². The molecule has 2 aromatic rings. The third-order valence-corrected chi connectivity index (χ3v) is 3.52. The average Bonchev–Trinajstić information content (AvgIpc) is 2.64. The van der Waals surface area contributed by atoms with Crippen molar-refractivity contribution in [3.05, 3.63) is 45.6 Å². The number of nitrogens with two attached hydrogens (primary N) is 1. The lowest BCUT2D eigenvalue weighted by molar-refractivity contribution is 1.07. The van der Waals surface area contributed by atoms with Crippen LogP contribution in [-0.2, 0) is 6.54 Å². The van der Waals surface area contributed by atoms with E-state index in [1.165, 1.54) is 27.1 Å². The molecule has 2 heteroatoms. The van der Waals surface area contributed by atoms with Crippen molar-refractivity contribution >= 4 is 11.3 Å². The zero-order chi connectivity index (χ0) is 10.8. The fourth-order valence-electron chi connectivity index (χ4n) is 1.82. The van der Waals surface area contributed by atoms with Crippen LogP contribution in [-0.4, -0.2) is 0 Å². The van der Waals surface area contributed by atoms with Crippen molar-refractivity contribution in [2.45, 2.75) is 20.4 Å². The first kappa shape index (κ1) is 10.4. The Balaban J connectivity index is 2.50. The van der Waals surface area contributed by atoms with E-state index in [1.807, 2.05) is 0 Å². The monoisotopic (exact) mass is 217 g/mol. The molecule has 0 amide bonds. The van der Waals surface area contributed by atoms with Crippen molar-refractivity contribution in [1.29, 1.82) is 0 Å². The predicted molar refractivity (Wildman–Crippen MR) is 67.1 cm³/mol. The van der Waals surface area contributed by atoms with Crippen LogP contribution in [0.15, 0.2) is 29.6 Å². The minimum atomic E-state index is 0.615. The van der Waals surface area contributed by atoms with E-state index in [4.69, 9.17) is 5.73 Å². The third-order valence-electron chi connectivity index (χ3n) is 2.68. The molecular formula is C13H15NS. The molecule has 1 nitrogen and oxygen atoms in total. The van der Waals surface area contributed by atoms with Gasteiger partial charge in [-0.3, -0.25) is 0 Å². The van der Waals surface area contributed by atoms with Crippen LogP contribution in [0.4, 0.5) is 0 Å². The molecule has 0 fully saturated rings. The van der Waals surface area contributed by atoms with Crippen molar-refractivity contribution < 1.29 is 0 Å². The highest BCUT2D eigenvalue weighted by atomic mass is 32.1. The third kappa shape index (κ3) is 1.96. The fourth-order valence-corrected chi connectivity index (χ4v) is 2.53. The topological polar surface area (TPSA) is 26.0 Å². The summed E-state index contributed by atoms with van der Waals surface area (Å²) in [5, 5.41) is 2.14. The highest BCUT2D eigenvalue weighted by Crippen LogP contribution is 2.30. The molecule has 15 heavy (non-hydrogen) atoms. The molecule has 1 heterocycles. The summed E-state index contributed by atoms with van der Waals surface area (Å²) in [7, 11) is 0. The lowest BCUT2D eigenvalue weighted by Gasteiger charge is -2.07. The standard InChI is InChI=1S/C13H15NS/c1-9-7-11(8-14)3-4-12(9)13-5-6-15-10(13)2/h3-7H,8,14H2,1-2H3. The van der Waals surface area contributed by atoms with Gasteiger partial charge in [0.1, 0.15) is 0 Å². The van der Waals surface area contributed by atoms with Crippen LogP contribution >= 0.6 is 11.3 Å². The molecule has 1 aromatic carbocycles. The molecule has 0 radical (unpaired) electrons. The van der Waals surface area contributed by atoms with Crippen LogP contribution in [0.5, 0.6) is 0 Å². The van der Waals surface area contributed by atoms with Gasteiger partial charge in [0, 0.05) is 11.4 Å². The molecule has 0 saturated carbocycles. The largest absolute Gasteiger partial charge is 0.326 e. The summed E-state index contributed by atoms with van der Waals surface area (Å²) in [5.74, 6) is 0. The van der Waals surface area contributed by atoms with Crippen molar-refractivity contribution in [2.75, 3.05) is 0 Å². The molecule has 0 spiro atoms. The Kier molecular flexibility index (Phi) is 2.89. The number of hydrogen-bond donors (Lipinski definition) is 1. The van der Waals surface area contributed by atoms with Gasteiger partial charge in [-0.15, -0.1) is 11.3 Å². The first-order valence-corrected chi connectivity index (χ1v) is 5.94. The van der Waals surface area contributed by atoms with Crippen molar-refractivity contribution in [1.82, 2.24) is 0 Å². The van der Waals surface area contributed by atoms with Gasteiger partial charge >= 0.3 is 0 Å². The number of thiophene rings is 1. The van der Waals surface area contributed by atoms with Crippen LogP contribution < -0.4 is 5.73 Å². The van der Waals surface area contributed by atoms with Gasteiger partial charge in [-0.1, -0.05) is 18.2 Å². The molecule has 0 aliphatic carbocycles. The zero-order valence-electron chi connectivity index (χ0n) is 9.08. The lowest BCUT2D eigenvalue weighted by Crippen LogP contribution is -1.96. The van der Waals surface area contributed by atoms with E-state index < -0.39 is 0 Å². The van der Waals surface area contributed by atoms with Gasteiger partial charge in [0.2, 0.25) is 0 Å². The Bertz CT molecular complexity index is 471. The summed E-state index contributed by atoms with van der Waals surface area (Å²) in [6, 6.07) is 8.64.